The molecule has 2 heterocycles. The molecule has 0 radical (unpaired) electrons. The van der Waals surface area contributed by atoms with E-state index in [9.17, 15) is 5.11 Å². The fraction of sp³-hybridized carbons (Fsp3) is 0.545. The lowest BCUT2D eigenvalue weighted by atomic mass is 9.67. The summed E-state index contributed by atoms with van der Waals surface area (Å²) in [5.41, 5.74) is 1.23. The van der Waals surface area contributed by atoms with Crippen molar-refractivity contribution in [1.29, 1.82) is 0 Å². The van der Waals surface area contributed by atoms with Crippen molar-refractivity contribution < 1.29 is 9.84 Å². The number of hydrogen-bond donors (Lipinski definition) is 1. The third kappa shape index (κ3) is 3.47. The van der Waals surface area contributed by atoms with E-state index in [-0.39, 0.29) is 5.92 Å². The molecule has 1 saturated carbocycles. The van der Waals surface area contributed by atoms with Crippen LogP contribution in [-0.4, -0.2) is 54.3 Å². The zero-order chi connectivity index (χ0) is 19.7. The number of aromatic nitrogens is 2. The number of likely N-dealkylation sites (tertiary alicyclic amines) is 1. The van der Waals surface area contributed by atoms with Gasteiger partial charge in [-0.1, -0.05) is 18.2 Å². The molecule has 150 valence electrons. The van der Waals surface area contributed by atoms with Gasteiger partial charge in [0.1, 0.15) is 5.75 Å². The summed E-state index contributed by atoms with van der Waals surface area (Å²) in [6.07, 6.45) is 6.84. The van der Waals surface area contributed by atoms with Gasteiger partial charge < -0.3 is 14.7 Å². The summed E-state index contributed by atoms with van der Waals surface area (Å²) >= 11 is 0. The van der Waals surface area contributed by atoms with E-state index in [1.165, 1.54) is 6.42 Å². The third-order valence-corrected chi connectivity index (χ3v) is 6.33. The summed E-state index contributed by atoms with van der Waals surface area (Å²) in [7, 11) is 5.57. The van der Waals surface area contributed by atoms with E-state index >= 15 is 0 Å². The van der Waals surface area contributed by atoms with Crippen molar-refractivity contribution in [1.82, 2.24) is 14.9 Å². The molecule has 2 aliphatic rings. The van der Waals surface area contributed by atoms with Gasteiger partial charge in [-0.3, -0.25) is 4.90 Å². The van der Waals surface area contributed by atoms with E-state index in [0.717, 1.165) is 55.3 Å². The summed E-state index contributed by atoms with van der Waals surface area (Å²) in [4.78, 5) is 13.2. The Labute approximate surface area is 167 Å². The Morgan fingerprint density at radius 2 is 1.96 bits per heavy atom. The Morgan fingerprint density at radius 3 is 2.68 bits per heavy atom. The van der Waals surface area contributed by atoms with E-state index in [2.05, 4.69) is 14.9 Å². The monoisotopic (exact) mass is 382 g/mol. The average molecular weight is 383 g/mol. The molecule has 0 spiro atoms. The molecule has 0 bridgehead atoms. The van der Waals surface area contributed by atoms with E-state index < -0.39 is 5.60 Å². The van der Waals surface area contributed by atoms with Gasteiger partial charge in [-0.15, -0.1) is 0 Å². The molecule has 2 aromatic rings. The Hall–Kier alpha value is -2.18. The maximum atomic E-state index is 11.8. The first kappa shape index (κ1) is 19.2. The van der Waals surface area contributed by atoms with Crippen LogP contribution in [0.1, 0.15) is 30.4 Å². The highest BCUT2D eigenvalue weighted by Gasteiger charge is 2.50. The molecule has 4 rings (SSSR count). The number of methoxy groups -OCH3 is 1. The molecule has 1 aromatic heterocycles. The number of fused-ring (bicyclic) bond motifs is 1. The Balaban J connectivity index is 1.53. The van der Waals surface area contributed by atoms with E-state index in [4.69, 9.17) is 4.74 Å². The van der Waals surface area contributed by atoms with Crippen molar-refractivity contribution in [2.75, 3.05) is 39.2 Å². The Bertz CT molecular complexity index is 810. The van der Waals surface area contributed by atoms with Crippen LogP contribution in [0.25, 0.3) is 0 Å². The van der Waals surface area contributed by atoms with Crippen LogP contribution in [0, 0.1) is 11.8 Å². The minimum absolute atomic E-state index is 0.222. The van der Waals surface area contributed by atoms with Crippen LogP contribution in [0.15, 0.2) is 36.7 Å². The predicted octanol–water partition coefficient (Wildman–Crippen LogP) is 2.67. The number of nitrogens with zero attached hydrogens (tertiary/aromatic N) is 4. The summed E-state index contributed by atoms with van der Waals surface area (Å²) < 4.78 is 5.57. The van der Waals surface area contributed by atoms with Gasteiger partial charge >= 0.3 is 0 Å². The lowest BCUT2D eigenvalue weighted by molar-refractivity contribution is -0.0662. The lowest BCUT2D eigenvalue weighted by Gasteiger charge is -2.42. The molecule has 3 atom stereocenters. The SMILES string of the molecule is COc1ccccc1[C@@]1(O)CCC[C@@H]2CN(Cc3cnc(N(C)C)nc3)C[C@H]21. The number of benzene rings is 1. The largest absolute Gasteiger partial charge is 0.496 e. The van der Waals surface area contributed by atoms with Gasteiger partial charge in [0.15, 0.2) is 0 Å². The van der Waals surface area contributed by atoms with Crippen molar-refractivity contribution >= 4 is 5.95 Å². The van der Waals surface area contributed by atoms with Crippen LogP contribution in [-0.2, 0) is 12.1 Å². The zero-order valence-electron chi connectivity index (χ0n) is 17.0. The number of anilines is 1. The van der Waals surface area contributed by atoms with Crippen LogP contribution >= 0.6 is 0 Å². The molecule has 28 heavy (non-hydrogen) atoms. The number of ether oxygens (including phenoxy) is 1. The third-order valence-electron chi connectivity index (χ3n) is 6.33. The minimum atomic E-state index is -0.824. The minimum Gasteiger partial charge on any atom is -0.496 e. The van der Waals surface area contributed by atoms with Crippen molar-refractivity contribution in [3.8, 4) is 5.75 Å². The van der Waals surface area contributed by atoms with Crippen molar-refractivity contribution in [3.63, 3.8) is 0 Å². The number of para-hydroxylation sites is 1. The molecular weight excluding hydrogens is 352 g/mol. The molecule has 0 amide bonds. The topological polar surface area (TPSA) is 61.7 Å². The van der Waals surface area contributed by atoms with Gasteiger partial charge in [0.05, 0.1) is 12.7 Å². The lowest BCUT2D eigenvalue weighted by Crippen LogP contribution is -2.43. The smallest absolute Gasteiger partial charge is 0.224 e. The molecule has 6 nitrogen and oxygen atoms in total. The summed E-state index contributed by atoms with van der Waals surface area (Å²) in [6, 6.07) is 7.94. The summed E-state index contributed by atoms with van der Waals surface area (Å²) in [5, 5.41) is 11.8. The van der Waals surface area contributed by atoms with Crippen molar-refractivity contribution in [3.05, 3.63) is 47.8 Å². The van der Waals surface area contributed by atoms with E-state index in [0.29, 0.717) is 5.92 Å². The van der Waals surface area contributed by atoms with Crippen LogP contribution in [0.5, 0.6) is 5.75 Å². The predicted molar refractivity (Wildman–Crippen MR) is 109 cm³/mol. The second-order valence-corrected chi connectivity index (χ2v) is 8.36. The normalized spacial score (nSPS) is 27.4. The molecule has 6 heteroatoms. The molecule has 1 aromatic carbocycles. The maximum Gasteiger partial charge on any atom is 0.224 e. The second-order valence-electron chi connectivity index (χ2n) is 8.36. The van der Waals surface area contributed by atoms with Crippen LogP contribution in [0.4, 0.5) is 5.95 Å². The van der Waals surface area contributed by atoms with Crippen LogP contribution in [0.2, 0.25) is 0 Å². The van der Waals surface area contributed by atoms with E-state index in [1.807, 2.05) is 55.7 Å². The second kappa shape index (κ2) is 7.68. The number of aliphatic hydroxyl groups is 1. The molecule has 1 aliphatic carbocycles. The van der Waals surface area contributed by atoms with Gasteiger partial charge in [-0.2, -0.15) is 0 Å². The van der Waals surface area contributed by atoms with Gasteiger partial charge in [0.2, 0.25) is 5.95 Å². The molecule has 0 unspecified atom stereocenters. The number of rotatable bonds is 5. The first-order valence-corrected chi connectivity index (χ1v) is 10.1. The first-order chi connectivity index (χ1) is 13.5. The summed E-state index contributed by atoms with van der Waals surface area (Å²) in [6.45, 7) is 2.72. The quantitative estimate of drug-likeness (QED) is 0.858. The van der Waals surface area contributed by atoms with Gasteiger partial charge in [-0.05, 0) is 31.2 Å². The molecule has 1 aliphatic heterocycles. The fourth-order valence-corrected chi connectivity index (χ4v) is 5.00. The average Bonchev–Trinajstić information content (AvgIpc) is 3.12. The highest BCUT2D eigenvalue weighted by atomic mass is 16.5. The van der Waals surface area contributed by atoms with Gasteiger partial charge in [0, 0.05) is 63.2 Å². The molecule has 2 fully saturated rings. The van der Waals surface area contributed by atoms with Crippen LogP contribution in [0.3, 0.4) is 0 Å². The Kier molecular flexibility index (Phi) is 5.25. The van der Waals surface area contributed by atoms with Crippen molar-refractivity contribution in [2.24, 2.45) is 11.8 Å². The molecular formula is C22H30N4O2. The molecule has 1 saturated heterocycles. The highest BCUT2D eigenvalue weighted by Crippen LogP contribution is 2.50. The highest BCUT2D eigenvalue weighted by molar-refractivity contribution is 5.39. The number of hydrogen-bond acceptors (Lipinski definition) is 6. The van der Waals surface area contributed by atoms with Crippen LogP contribution < -0.4 is 9.64 Å². The van der Waals surface area contributed by atoms with Gasteiger partial charge in [-0.25, -0.2) is 9.97 Å². The maximum absolute atomic E-state index is 11.8. The Morgan fingerprint density at radius 1 is 1.21 bits per heavy atom. The zero-order valence-corrected chi connectivity index (χ0v) is 17.0. The molecule has 1 N–H and O–H groups in total. The summed E-state index contributed by atoms with van der Waals surface area (Å²) in [5.74, 6) is 2.24. The van der Waals surface area contributed by atoms with Gasteiger partial charge in [0.25, 0.3) is 0 Å². The van der Waals surface area contributed by atoms with Crippen molar-refractivity contribution in [2.45, 2.75) is 31.4 Å². The van der Waals surface area contributed by atoms with E-state index in [1.54, 1.807) is 7.11 Å². The fourth-order valence-electron chi connectivity index (χ4n) is 5.00. The first-order valence-electron chi connectivity index (χ1n) is 10.1. The standard InChI is InChI=1S/C22H30N4O2/c1-25(2)21-23-11-16(12-24-21)13-26-14-17-7-6-10-22(27,19(17)15-26)18-8-4-5-9-20(18)28-3/h4-5,8-9,11-12,17,19,27H,6-7,10,13-15H2,1-3H3/t17-,19-,22+/m1/s1.